The Bertz CT molecular complexity index is 936. The van der Waals surface area contributed by atoms with Gasteiger partial charge in [0.05, 0.1) is 17.3 Å². The maximum atomic E-state index is 4.47. The Morgan fingerprint density at radius 1 is 1.12 bits per heavy atom. The first kappa shape index (κ1) is 16.0. The molecule has 1 N–H and O–H groups in total. The third kappa shape index (κ3) is 3.64. The summed E-state index contributed by atoms with van der Waals surface area (Å²) >= 11 is 3.47. The van der Waals surface area contributed by atoms with E-state index in [1.807, 2.05) is 52.8 Å². The van der Waals surface area contributed by atoms with Crippen LogP contribution in [0.25, 0.3) is 16.7 Å². The number of aromatic nitrogens is 5. The first-order chi connectivity index (χ1) is 12.4. The molecule has 0 radical (unpaired) electrons. The second kappa shape index (κ2) is 7.62. The molecule has 0 unspecified atom stereocenters. The smallest absolute Gasteiger partial charge is 0.168 e. The van der Waals surface area contributed by atoms with E-state index in [2.05, 4.69) is 25.4 Å². The minimum Gasteiger partial charge on any atom is -0.369 e. The number of hydrogen-bond donors (Lipinski definition) is 1. The minimum atomic E-state index is 0.806. The van der Waals surface area contributed by atoms with E-state index in [0.29, 0.717) is 0 Å². The fraction of sp³-hybridized carbons (Fsp3) is 0.176. The summed E-state index contributed by atoms with van der Waals surface area (Å²) in [6, 6.07) is 9.99. The molecule has 3 aromatic heterocycles. The van der Waals surface area contributed by atoms with Gasteiger partial charge in [0.25, 0.3) is 0 Å². The monoisotopic (exact) mass is 368 g/mol. The van der Waals surface area contributed by atoms with Crippen molar-refractivity contribution < 1.29 is 0 Å². The van der Waals surface area contributed by atoms with Crippen LogP contribution < -0.4 is 5.32 Å². The Kier molecular flexibility index (Phi) is 4.89. The molecule has 126 valence electrons. The minimum absolute atomic E-state index is 0.806. The number of nitrogens with zero attached hydrogens (tertiary/aromatic N) is 5. The molecular weight excluding hydrogens is 352 g/mol. The van der Waals surface area contributed by atoms with Crippen LogP contribution in [0.1, 0.15) is 6.42 Å². The van der Waals surface area contributed by atoms with Crippen molar-refractivity contribution in [1.29, 1.82) is 0 Å². The molecule has 0 saturated carbocycles. The third-order valence-electron chi connectivity index (χ3n) is 3.62. The topological polar surface area (TPSA) is 68.5 Å². The highest BCUT2D eigenvalue weighted by Gasteiger charge is 2.10. The molecule has 0 bridgehead atoms. The summed E-state index contributed by atoms with van der Waals surface area (Å²) in [6.45, 7) is 0.848. The van der Waals surface area contributed by atoms with E-state index in [0.717, 1.165) is 45.6 Å². The molecule has 25 heavy (non-hydrogen) atoms. The summed E-state index contributed by atoms with van der Waals surface area (Å²) in [5.74, 6) is 1.85. The molecule has 6 nitrogen and oxygen atoms in total. The van der Waals surface area contributed by atoms with Gasteiger partial charge in [0.15, 0.2) is 5.65 Å². The van der Waals surface area contributed by atoms with Crippen LogP contribution in [0.3, 0.4) is 0 Å². The standard InChI is InChI=1S/C17H16N6S2/c1-2-5-13(6-3-1)23-16-14(11-22-23)15(20-12-21-16)18-7-4-9-24-17-19-8-10-25-17/h1-3,5-6,8,10-12H,4,7,9H2,(H,18,20,21). The highest BCUT2D eigenvalue weighted by atomic mass is 32.2. The zero-order valence-electron chi connectivity index (χ0n) is 13.4. The van der Waals surface area contributed by atoms with Gasteiger partial charge < -0.3 is 5.32 Å². The fourth-order valence-corrected chi connectivity index (χ4v) is 4.11. The number of anilines is 1. The Labute approximate surface area is 153 Å². The average Bonchev–Trinajstić information content (AvgIpc) is 3.32. The van der Waals surface area contributed by atoms with Gasteiger partial charge in [-0.3, -0.25) is 0 Å². The Morgan fingerprint density at radius 3 is 2.88 bits per heavy atom. The number of rotatable bonds is 7. The zero-order valence-corrected chi connectivity index (χ0v) is 15.0. The predicted octanol–water partition coefficient (Wildman–Crippen LogP) is 3.87. The molecule has 0 atom stereocenters. The lowest BCUT2D eigenvalue weighted by Gasteiger charge is -2.06. The van der Waals surface area contributed by atoms with E-state index in [9.17, 15) is 0 Å². The van der Waals surface area contributed by atoms with Gasteiger partial charge in [-0.1, -0.05) is 30.0 Å². The molecule has 4 rings (SSSR count). The summed E-state index contributed by atoms with van der Waals surface area (Å²) in [5.41, 5.74) is 1.79. The van der Waals surface area contributed by atoms with E-state index in [1.54, 1.807) is 29.4 Å². The summed E-state index contributed by atoms with van der Waals surface area (Å²) < 4.78 is 2.95. The molecule has 0 spiro atoms. The van der Waals surface area contributed by atoms with Gasteiger partial charge in [0.1, 0.15) is 16.5 Å². The lowest BCUT2D eigenvalue weighted by molar-refractivity contribution is 0.895. The van der Waals surface area contributed by atoms with Crippen molar-refractivity contribution >= 4 is 39.9 Å². The van der Waals surface area contributed by atoms with Crippen molar-refractivity contribution in [3.63, 3.8) is 0 Å². The first-order valence-corrected chi connectivity index (χ1v) is 9.78. The quantitative estimate of drug-likeness (QED) is 0.394. The number of hydrogen-bond acceptors (Lipinski definition) is 7. The molecule has 4 aromatic rings. The summed E-state index contributed by atoms with van der Waals surface area (Å²) in [7, 11) is 0. The molecule has 8 heteroatoms. The largest absolute Gasteiger partial charge is 0.369 e. The fourth-order valence-electron chi connectivity index (χ4n) is 2.46. The highest BCUT2D eigenvalue weighted by Crippen LogP contribution is 2.23. The van der Waals surface area contributed by atoms with Crippen LogP contribution in [0.4, 0.5) is 5.82 Å². The van der Waals surface area contributed by atoms with E-state index in [1.165, 1.54) is 0 Å². The van der Waals surface area contributed by atoms with Crippen molar-refractivity contribution in [2.24, 2.45) is 0 Å². The highest BCUT2D eigenvalue weighted by molar-refractivity contribution is 8.00. The number of para-hydroxylation sites is 1. The normalized spacial score (nSPS) is 11.0. The van der Waals surface area contributed by atoms with Crippen LogP contribution in [0.15, 0.2) is 58.8 Å². The predicted molar refractivity (Wildman–Crippen MR) is 103 cm³/mol. The van der Waals surface area contributed by atoms with Crippen LogP contribution in [0.5, 0.6) is 0 Å². The molecule has 0 aliphatic heterocycles. The van der Waals surface area contributed by atoms with Crippen molar-refractivity contribution in [3.8, 4) is 5.69 Å². The van der Waals surface area contributed by atoms with Crippen LogP contribution in [0, 0.1) is 0 Å². The van der Waals surface area contributed by atoms with E-state index >= 15 is 0 Å². The van der Waals surface area contributed by atoms with Gasteiger partial charge >= 0.3 is 0 Å². The van der Waals surface area contributed by atoms with Crippen LogP contribution in [-0.4, -0.2) is 37.0 Å². The Morgan fingerprint density at radius 2 is 2.04 bits per heavy atom. The second-order valence-electron chi connectivity index (χ2n) is 5.28. The van der Waals surface area contributed by atoms with Gasteiger partial charge in [-0.2, -0.15) is 5.10 Å². The van der Waals surface area contributed by atoms with Crippen LogP contribution in [0.2, 0.25) is 0 Å². The molecule has 0 fully saturated rings. The number of thioether (sulfide) groups is 1. The van der Waals surface area contributed by atoms with Gasteiger partial charge in [-0.15, -0.1) is 11.3 Å². The number of thiazole rings is 1. The molecule has 3 heterocycles. The molecule has 1 aromatic carbocycles. The van der Waals surface area contributed by atoms with Gasteiger partial charge in [-0.25, -0.2) is 19.6 Å². The number of fused-ring (bicyclic) bond motifs is 1. The van der Waals surface area contributed by atoms with Crippen LogP contribution in [-0.2, 0) is 0 Å². The van der Waals surface area contributed by atoms with Crippen molar-refractivity contribution in [1.82, 2.24) is 24.7 Å². The summed E-state index contributed by atoms with van der Waals surface area (Å²) in [6.07, 6.45) is 6.26. The van der Waals surface area contributed by atoms with Crippen molar-refractivity contribution in [2.45, 2.75) is 10.8 Å². The molecule has 0 aliphatic carbocycles. The van der Waals surface area contributed by atoms with Gasteiger partial charge in [0, 0.05) is 23.9 Å². The Balaban J connectivity index is 1.43. The molecular formula is C17H16N6S2. The van der Waals surface area contributed by atoms with Gasteiger partial charge in [-0.05, 0) is 18.6 Å². The summed E-state index contributed by atoms with van der Waals surface area (Å²) in [4.78, 5) is 13.0. The SMILES string of the molecule is c1ccc(-n2ncc3c(NCCCSc4nccs4)ncnc32)cc1. The molecule has 0 saturated heterocycles. The number of nitrogens with one attached hydrogen (secondary N) is 1. The van der Waals surface area contributed by atoms with E-state index in [4.69, 9.17) is 0 Å². The second-order valence-corrected chi connectivity index (χ2v) is 7.51. The maximum absolute atomic E-state index is 4.47. The van der Waals surface area contributed by atoms with Crippen LogP contribution >= 0.6 is 23.1 Å². The molecule has 0 aliphatic rings. The van der Waals surface area contributed by atoms with Crippen molar-refractivity contribution in [3.05, 3.63) is 54.4 Å². The molecule has 0 amide bonds. The zero-order chi connectivity index (χ0) is 16.9. The van der Waals surface area contributed by atoms with Crippen molar-refractivity contribution in [2.75, 3.05) is 17.6 Å². The first-order valence-electron chi connectivity index (χ1n) is 7.92. The third-order valence-corrected chi connectivity index (χ3v) is 5.67. The van der Waals surface area contributed by atoms with Gasteiger partial charge in [0.2, 0.25) is 0 Å². The Hall–Kier alpha value is -2.45. The van der Waals surface area contributed by atoms with E-state index in [-0.39, 0.29) is 0 Å². The lowest BCUT2D eigenvalue weighted by atomic mass is 10.3. The maximum Gasteiger partial charge on any atom is 0.168 e. The summed E-state index contributed by atoms with van der Waals surface area (Å²) in [5, 5.41) is 10.8. The number of benzene rings is 1. The lowest BCUT2D eigenvalue weighted by Crippen LogP contribution is -2.05. The average molecular weight is 368 g/mol. The van der Waals surface area contributed by atoms with E-state index < -0.39 is 0 Å².